The van der Waals surface area contributed by atoms with Crippen LogP contribution in [0.3, 0.4) is 0 Å². The number of halogens is 3. The van der Waals surface area contributed by atoms with Crippen LogP contribution < -0.4 is 11.2 Å². The van der Waals surface area contributed by atoms with E-state index in [1.165, 1.54) is 6.07 Å². The lowest BCUT2D eigenvalue weighted by Crippen LogP contribution is -2.32. The van der Waals surface area contributed by atoms with Gasteiger partial charge in [0.05, 0.1) is 6.54 Å². The molecule has 2 rings (SSSR count). The molecule has 0 spiro atoms. The van der Waals surface area contributed by atoms with Crippen LogP contribution in [0.2, 0.25) is 10.0 Å². The van der Waals surface area contributed by atoms with Gasteiger partial charge in [-0.1, -0.05) is 29.3 Å². The monoisotopic (exact) mass is 368 g/mol. The van der Waals surface area contributed by atoms with Gasteiger partial charge in [-0.3, -0.25) is 14.3 Å². The lowest BCUT2D eigenvalue weighted by molar-refractivity contribution is 0.603. The van der Waals surface area contributed by atoms with Crippen molar-refractivity contribution in [3.05, 3.63) is 60.8 Å². The van der Waals surface area contributed by atoms with Crippen molar-refractivity contribution < 1.29 is 8.42 Å². The molecular formula is C11H7Cl3N2O4S. The average Bonchev–Trinajstić information content (AvgIpc) is 2.33. The molecule has 2 aromatic rings. The summed E-state index contributed by atoms with van der Waals surface area (Å²) in [5, 5.41) is 0.720. The fourth-order valence-electron chi connectivity index (χ4n) is 1.61. The molecule has 1 heterocycles. The van der Waals surface area contributed by atoms with Crippen molar-refractivity contribution in [3.8, 4) is 0 Å². The molecule has 1 aromatic heterocycles. The van der Waals surface area contributed by atoms with Crippen molar-refractivity contribution in [2.24, 2.45) is 0 Å². The van der Waals surface area contributed by atoms with E-state index in [0.29, 0.717) is 15.6 Å². The minimum Gasteiger partial charge on any atom is -0.295 e. The van der Waals surface area contributed by atoms with E-state index in [-0.39, 0.29) is 6.54 Å². The molecule has 0 amide bonds. The van der Waals surface area contributed by atoms with Crippen LogP contribution in [0.4, 0.5) is 0 Å². The summed E-state index contributed by atoms with van der Waals surface area (Å²) in [5.74, 6) is 0. The third-order valence-corrected chi connectivity index (χ3v) is 4.50. The van der Waals surface area contributed by atoms with Crippen molar-refractivity contribution in [2.45, 2.75) is 11.4 Å². The maximum absolute atomic E-state index is 11.7. The van der Waals surface area contributed by atoms with Crippen LogP contribution in [-0.4, -0.2) is 18.0 Å². The summed E-state index contributed by atoms with van der Waals surface area (Å²) in [7, 11) is 0.869. The van der Waals surface area contributed by atoms with Gasteiger partial charge in [-0.2, -0.15) is 0 Å². The minimum atomic E-state index is -4.27. The molecular weight excluding hydrogens is 363 g/mol. The number of hydrogen-bond donors (Lipinski definition) is 1. The van der Waals surface area contributed by atoms with Crippen LogP contribution in [-0.2, 0) is 15.6 Å². The summed E-state index contributed by atoms with van der Waals surface area (Å²) in [4.78, 5) is 24.3. The predicted octanol–water partition coefficient (Wildman–Crippen LogP) is 1.82. The zero-order chi connectivity index (χ0) is 15.8. The Hall–Kier alpha value is -1.28. The number of benzene rings is 1. The normalized spacial score (nSPS) is 11.6. The second-order valence-corrected chi connectivity index (χ2v) is 7.43. The van der Waals surface area contributed by atoms with Gasteiger partial charge < -0.3 is 0 Å². The predicted molar refractivity (Wildman–Crippen MR) is 79.9 cm³/mol. The molecule has 10 heteroatoms. The highest BCUT2D eigenvalue weighted by atomic mass is 35.7. The molecule has 0 saturated heterocycles. The molecule has 1 N–H and O–H groups in total. The highest BCUT2D eigenvalue weighted by Gasteiger charge is 2.17. The minimum absolute atomic E-state index is 0.0506. The molecule has 0 radical (unpaired) electrons. The first-order chi connectivity index (χ1) is 9.68. The van der Waals surface area contributed by atoms with E-state index in [0.717, 1.165) is 10.8 Å². The van der Waals surface area contributed by atoms with Crippen molar-refractivity contribution >= 4 is 42.9 Å². The van der Waals surface area contributed by atoms with Crippen molar-refractivity contribution in [2.75, 3.05) is 0 Å². The Morgan fingerprint density at radius 1 is 1.19 bits per heavy atom. The number of aromatic amines is 1. The Morgan fingerprint density at radius 2 is 1.86 bits per heavy atom. The molecule has 21 heavy (non-hydrogen) atoms. The fourth-order valence-corrected chi connectivity index (χ4v) is 2.94. The average molecular weight is 370 g/mol. The fraction of sp³-hybridized carbons (Fsp3) is 0.0909. The highest BCUT2D eigenvalue weighted by Crippen LogP contribution is 2.21. The van der Waals surface area contributed by atoms with Crippen LogP contribution in [0.5, 0.6) is 0 Å². The molecule has 0 unspecified atom stereocenters. The van der Waals surface area contributed by atoms with Crippen molar-refractivity contribution in [3.63, 3.8) is 0 Å². The molecule has 0 saturated carbocycles. The van der Waals surface area contributed by atoms with Crippen LogP contribution in [0.25, 0.3) is 0 Å². The van der Waals surface area contributed by atoms with E-state index in [1.54, 1.807) is 12.1 Å². The molecule has 0 bridgehead atoms. The van der Waals surface area contributed by atoms with Gasteiger partial charge in [-0.25, -0.2) is 13.2 Å². The zero-order valence-electron chi connectivity index (χ0n) is 10.1. The van der Waals surface area contributed by atoms with E-state index in [1.807, 2.05) is 4.98 Å². The third kappa shape index (κ3) is 3.68. The Balaban J connectivity index is 2.55. The van der Waals surface area contributed by atoms with Crippen molar-refractivity contribution in [1.82, 2.24) is 9.55 Å². The number of hydrogen-bond acceptors (Lipinski definition) is 4. The second kappa shape index (κ2) is 5.84. The van der Waals surface area contributed by atoms with Crippen LogP contribution in [0.15, 0.2) is 38.9 Å². The Labute approximate surface area is 133 Å². The first-order valence-electron chi connectivity index (χ1n) is 5.41. The summed E-state index contributed by atoms with van der Waals surface area (Å²) in [6, 6.07) is 4.63. The Bertz CT molecular complexity index is 918. The molecule has 0 fully saturated rings. The standard InChI is InChI=1S/C11H7Cl3N2O4S/c12-7-2-1-6(8(13)3-7)4-16-5-9(21(14,19)20)10(17)15-11(16)18/h1-3,5H,4H2,(H,15,17,18). The molecule has 0 aliphatic heterocycles. The van der Waals surface area contributed by atoms with Gasteiger partial charge in [0, 0.05) is 26.9 Å². The molecule has 112 valence electrons. The first kappa shape index (κ1) is 16.1. The summed E-state index contributed by atoms with van der Waals surface area (Å²) in [6.45, 7) is -0.0506. The SMILES string of the molecule is O=c1[nH]c(=O)n(Cc2ccc(Cl)cc2Cl)cc1S(=O)(=O)Cl. The Kier molecular flexibility index (Phi) is 4.48. The van der Waals surface area contributed by atoms with Crippen LogP contribution >= 0.6 is 33.9 Å². The smallest absolute Gasteiger partial charge is 0.295 e. The van der Waals surface area contributed by atoms with E-state index in [4.69, 9.17) is 33.9 Å². The number of nitrogens with zero attached hydrogens (tertiary/aromatic N) is 1. The van der Waals surface area contributed by atoms with E-state index >= 15 is 0 Å². The maximum atomic E-state index is 11.7. The van der Waals surface area contributed by atoms with Gasteiger partial charge in [0.25, 0.3) is 14.6 Å². The van der Waals surface area contributed by atoms with Crippen LogP contribution in [0.1, 0.15) is 5.56 Å². The second-order valence-electron chi connectivity index (χ2n) is 4.05. The van der Waals surface area contributed by atoms with Gasteiger partial charge in [0.1, 0.15) is 0 Å². The topological polar surface area (TPSA) is 89.0 Å². The van der Waals surface area contributed by atoms with Gasteiger partial charge in [0.15, 0.2) is 4.90 Å². The van der Waals surface area contributed by atoms with E-state index in [9.17, 15) is 18.0 Å². The van der Waals surface area contributed by atoms with Crippen molar-refractivity contribution in [1.29, 1.82) is 0 Å². The lowest BCUT2D eigenvalue weighted by atomic mass is 10.2. The summed E-state index contributed by atoms with van der Waals surface area (Å²) >= 11 is 11.7. The summed E-state index contributed by atoms with van der Waals surface area (Å²) in [6.07, 6.45) is 0.869. The van der Waals surface area contributed by atoms with Gasteiger partial charge in [-0.05, 0) is 17.7 Å². The molecule has 0 aliphatic rings. The Morgan fingerprint density at radius 3 is 2.43 bits per heavy atom. The largest absolute Gasteiger partial charge is 0.328 e. The van der Waals surface area contributed by atoms with Crippen LogP contribution in [0, 0.1) is 0 Å². The maximum Gasteiger partial charge on any atom is 0.328 e. The summed E-state index contributed by atoms with van der Waals surface area (Å²) in [5.41, 5.74) is -1.34. The molecule has 1 aromatic carbocycles. The zero-order valence-corrected chi connectivity index (χ0v) is 13.2. The summed E-state index contributed by atoms with van der Waals surface area (Å²) < 4.78 is 23.5. The molecule has 6 nitrogen and oxygen atoms in total. The van der Waals surface area contributed by atoms with E-state index in [2.05, 4.69) is 0 Å². The molecule has 0 aliphatic carbocycles. The quantitative estimate of drug-likeness (QED) is 0.836. The highest BCUT2D eigenvalue weighted by molar-refractivity contribution is 8.13. The first-order valence-corrected chi connectivity index (χ1v) is 8.47. The number of rotatable bonds is 3. The van der Waals surface area contributed by atoms with E-state index < -0.39 is 25.2 Å². The number of H-pyrrole nitrogens is 1. The lowest BCUT2D eigenvalue weighted by Gasteiger charge is -2.08. The third-order valence-electron chi connectivity index (χ3n) is 2.60. The van der Waals surface area contributed by atoms with Gasteiger partial charge >= 0.3 is 5.69 Å². The molecule has 0 atom stereocenters. The van der Waals surface area contributed by atoms with Gasteiger partial charge in [0.2, 0.25) is 0 Å². The van der Waals surface area contributed by atoms with Gasteiger partial charge in [-0.15, -0.1) is 0 Å². The number of nitrogens with one attached hydrogen (secondary N) is 1. The number of aromatic nitrogens is 2.